The number of aliphatic hydroxyl groups excluding tert-OH is 1. The topological polar surface area (TPSA) is 90.5 Å². The van der Waals surface area contributed by atoms with Crippen LogP contribution in [0.25, 0.3) is 11.1 Å². The highest BCUT2D eigenvalue weighted by Gasteiger charge is 2.15. The molecule has 0 aliphatic rings. The maximum Gasteiger partial charge on any atom is 0.322 e. The number of benzene rings is 2. The van der Waals surface area contributed by atoms with E-state index in [4.69, 9.17) is 4.74 Å². The van der Waals surface area contributed by atoms with E-state index >= 15 is 0 Å². The minimum Gasteiger partial charge on any atom is -0.497 e. The lowest BCUT2D eigenvalue weighted by Gasteiger charge is -2.23. The summed E-state index contributed by atoms with van der Waals surface area (Å²) in [5.41, 5.74) is 3.71. The zero-order chi connectivity index (χ0) is 19.8. The second-order valence-corrected chi connectivity index (χ2v) is 6.27. The third-order valence-corrected chi connectivity index (χ3v) is 4.37. The highest BCUT2D eigenvalue weighted by molar-refractivity contribution is 5.92. The highest BCUT2D eigenvalue weighted by Crippen LogP contribution is 2.23. The summed E-state index contributed by atoms with van der Waals surface area (Å²) in [4.78, 5) is 14.4. The second-order valence-electron chi connectivity index (χ2n) is 6.27. The number of nitrogens with one attached hydrogen (secondary N) is 2. The van der Waals surface area contributed by atoms with Gasteiger partial charge < -0.3 is 15.2 Å². The van der Waals surface area contributed by atoms with E-state index in [1.165, 1.54) is 0 Å². The van der Waals surface area contributed by atoms with Gasteiger partial charge >= 0.3 is 6.03 Å². The molecule has 7 heteroatoms. The van der Waals surface area contributed by atoms with Crippen molar-refractivity contribution in [2.75, 3.05) is 25.2 Å². The number of carbonyl (C=O) groups excluding carboxylic acids is 1. The smallest absolute Gasteiger partial charge is 0.322 e. The number of hydrogen-bond donors (Lipinski definition) is 3. The molecule has 146 valence electrons. The summed E-state index contributed by atoms with van der Waals surface area (Å²) >= 11 is 0. The number of H-pyrrole nitrogens is 1. The zero-order valence-electron chi connectivity index (χ0n) is 15.8. The molecule has 28 heavy (non-hydrogen) atoms. The predicted octanol–water partition coefficient (Wildman–Crippen LogP) is 3.18. The van der Waals surface area contributed by atoms with E-state index in [0.29, 0.717) is 19.5 Å². The van der Waals surface area contributed by atoms with Crippen molar-refractivity contribution in [1.82, 2.24) is 15.5 Å². The molecule has 0 saturated heterocycles. The zero-order valence-corrected chi connectivity index (χ0v) is 15.8. The van der Waals surface area contributed by atoms with E-state index in [1.807, 2.05) is 54.7 Å². The average Bonchev–Trinajstić information content (AvgIpc) is 3.28. The first-order chi connectivity index (χ1) is 13.7. The first kappa shape index (κ1) is 19.4. The number of carbonyl (C=O) groups is 1. The predicted molar refractivity (Wildman–Crippen MR) is 108 cm³/mol. The van der Waals surface area contributed by atoms with Crippen LogP contribution in [0.2, 0.25) is 0 Å². The van der Waals surface area contributed by atoms with E-state index in [1.54, 1.807) is 18.2 Å². The number of aromatic amines is 1. The van der Waals surface area contributed by atoms with Crippen LogP contribution in [0, 0.1) is 0 Å². The van der Waals surface area contributed by atoms with E-state index in [2.05, 4.69) is 15.5 Å². The Balaban J connectivity index is 1.70. The third-order valence-electron chi connectivity index (χ3n) is 4.37. The van der Waals surface area contributed by atoms with Gasteiger partial charge in [0, 0.05) is 37.1 Å². The number of aromatic nitrogens is 2. The number of aliphatic hydroxyl groups is 1. The summed E-state index contributed by atoms with van der Waals surface area (Å²) in [7, 11) is 1.61. The Morgan fingerprint density at radius 1 is 1.21 bits per heavy atom. The molecule has 0 bridgehead atoms. The van der Waals surface area contributed by atoms with Gasteiger partial charge in [-0.25, -0.2) is 4.79 Å². The monoisotopic (exact) mass is 380 g/mol. The number of anilines is 1. The van der Waals surface area contributed by atoms with Gasteiger partial charge in [0.2, 0.25) is 0 Å². The van der Waals surface area contributed by atoms with Gasteiger partial charge in [-0.2, -0.15) is 5.10 Å². The number of methoxy groups -OCH3 is 1. The molecule has 3 rings (SSSR count). The van der Waals surface area contributed by atoms with Crippen molar-refractivity contribution in [3.8, 4) is 16.9 Å². The molecule has 0 spiro atoms. The van der Waals surface area contributed by atoms with Crippen molar-refractivity contribution >= 4 is 11.7 Å². The molecule has 1 aromatic heterocycles. The molecule has 7 nitrogen and oxygen atoms in total. The number of urea groups is 1. The molecule has 2 aromatic carbocycles. The fraction of sp³-hybridized carbons (Fsp3) is 0.238. The summed E-state index contributed by atoms with van der Waals surface area (Å²) < 4.78 is 5.22. The Morgan fingerprint density at radius 3 is 2.71 bits per heavy atom. The maximum atomic E-state index is 12.8. The number of hydrogen-bond acceptors (Lipinski definition) is 4. The Labute approximate surface area is 164 Å². The van der Waals surface area contributed by atoms with Crippen molar-refractivity contribution in [2.45, 2.75) is 13.0 Å². The Kier molecular flexibility index (Phi) is 6.64. The summed E-state index contributed by atoms with van der Waals surface area (Å²) in [6.45, 7) is 0.830. The van der Waals surface area contributed by atoms with Crippen molar-refractivity contribution in [1.29, 1.82) is 0 Å². The Hall–Kier alpha value is -3.32. The first-order valence-corrected chi connectivity index (χ1v) is 9.09. The Bertz CT molecular complexity index is 879. The fourth-order valence-electron chi connectivity index (χ4n) is 2.87. The van der Waals surface area contributed by atoms with Crippen molar-refractivity contribution in [3.05, 3.63) is 66.5 Å². The van der Waals surface area contributed by atoms with Crippen LogP contribution < -0.4 is 15.0 Å². The number of rotatable bonds is 8. The SMILES string of the molecule is COc1cccc(CNC(=O)N(CCCO)c2ccc(-c3cn[nH]c3)cc2)c1. The van der Waals surface area contributed by atoms with E-state index in [0.717, 1.165) is 28.1 Å². The standard InChI is InChI=1S/C21H24N4O3/c1-28-20-5-2-4-16(12-20)13-22-21(27)25(10-3-11-26)19-8-6-17(7-9-19)18-14-23-24-15-18/h2,4-9,12,14-15,26H,3,10-11,13H2,1H3,(H,22,27)(H,23,24). The van der Waals surface area contributed by atoms with Crippen LogP contribution >= 0.6 is 0 Å². The van der Waals surface area contributed by atoms with Crippen LogP contribution in [0.1, 0.15) is 12.0 Å². The van der Waals surface area contributed by atoms with E-state index in [9.17, 15) is 9.90 Å². The van der Waals surface area contributed by atoms with E-state index in [-0.39, 0.29) is 12.6 Å². The van der Waals surface area contributed by atoms with Gasteiger partial charge in [0.25, 0.3) is 0 Å². The van der Waals surface area contributed by atoms with Gasteiger partial charge in [0.05, 0.1) is 13.3 Å². The Morgan fingerprint density at radius 2 is 2.04 bits per heavy atom. The van der Waals surface area contributed by atoms with Gasteiger partial charge in [-0.1, -0.05) is 24.3 Å². The van der Waals surface area contributed by atoms with Gasteiger partial charge in [-0.15, -0.1) is 0 Å². The largest absolute Gasteiger partial charge is 0.497 e. The minimum absolute atomic E-state index is 0.0206. The molecule has 0 radical (unpaired) electrons. The molecule has 0 aliphatic carbocycles. The maximum absolute atomic E-state index is 12.8. The van der Waals surface area contributed by atoms with Gasteiger partial charge in [0.15, 0.2) is 0 Å². The quantitative estimate of drug-likeness (QED) is 0.560. The second kappa shape index (κ2) is 9.57. The number of ether oxygens (including phenoxy) is 1. The van der Waals surface area contributed by atoms with Crippen LogP contribution in [0.4, 0.5) is 10.5 Å². The molecule has 3 aromatic rings. The fourth-order valence-corrected chi connectivity index (χ4v) is 2.87. The lowest BCUT2D eigenvalue weighted by molar-refractivity contribution is 0.244. The van der Waals surface area contributed by atoms with Crippen LogP contribution in [0.5, 0.6) is 5.75 Å². The number of amides is 2. The molecule has 0 atom stereocenters. The molecular weight excluding hydrogens is 356 g/mol. The number of nitrogens with zero attached hydrogens (tertiary/aromatic N) is 2. The van der Waals surface area contributed by atoms with Crippen molar-refractivity contribution in [2.24, 2.45) is 0 Å². The van der Waals surface area contributed by atoms with Crippen LogP contribution in [-0.2, 0) is 6.54 Å². The van der Waals surface area contributed by atoms with Gasteiger partial charge in [-0.05, 0) is 41.8 Å². The summed E-state index contributed by atoms with van der Waals surface area (Å²) in [6.07, 6.45) is 4.06. The molecule has 3 N–H and O–H groups in total. The van der Waals surface area contributed by atoms with Gasteiger partial charge in [-0.3, -0.25) is 10.00 Å². The lowest BCUT2D eigenvalue weighted by Crippen LogP contribution is -2.40. The molecule has 2 amide bonds. The van der Waals surface area contributed by atoms with Crippen LogP contribution in [0.15, 0.2) is 60.9 Å². The highest BCUT2D eigenvalue weighted by atomic mass is 16.5. The van der Waals surface area contributed by atoms with Gasteiger partial charge in [0.1, 0.15) is 5.75 Å². The van der Waals surface area contributed by atoms with Crippen molar-refractivity contribution in [3.63, 3.8) is 0 Å². The molecule has 0 unspecified atom stereocenters. The normalized spacial score (nSPS) is 10.5. The van der Waals surface area contributed by atoms with Crippen LogP contribution in [-0.4, -0.2) is 41.6 Å². The molecule has 0 aliphatic heterocycles. The summed E-state index contributed by atoms with van der Waals surface area (Å²) in [6, 6.07) is 15.0. The van der Waals surface area contributed by atoms with Crippen LogP contribution in [0.3, 0.4) is 0 Å². The molecule has 1 heterocycles. The lowest BCUT2D eigenvalue weighted by atomic mass is 10.1. The molecule has 0 saturated carbocycles. The van der Waals surface area contributed by atoms with E-state index < -0.39 is 0 Å². The van der Waals surface area contributed by atoms with Crippen molar-refractivity contribution < 1.29 is 14.6 Å². The average molecular weight is 380 g/mol. The third kappa shape index (κ3) is 4.89. The minimum atomic E-state index is -0.215. The summed E-state index contributed by atoms with van der Waals surface area (Å²) in [5, 5.41) is 18.9. The molecule has 0 fully saturated rings. The first-order valence-electron chi connectivity index (χ1n) is 9.09. The molecular formula is C21H24N4O3. The summed E-state index contributed by atoms with van der Waals surface area (Å²) in [5.74, 6) is 0.749.